The van der Waals surface area contributed by atoms with Gasteiger partial charge in [-0.1, -0.05) is 6.07 Å². The van der Waals surface area contributed by atoms with Crippen molar-refractivity contribution in [2.75, 3.05) is 11.9 Å². The summed E-state index contributed by atoms with van der Waals surface area (Å²) < 4.78 is 16.7. The van der Waals surface area contributed by atoms with Crippen molar-refractivity contribution in [2.24, 2.45) is 0 Å². The van der Waals surface area contributed by atoms with Gasteiger partial charge in [0.05, 0.1) is 18.3 Å². The van der Waals surface area contributed by atoms with Crippen molar-refractivity contribution in [2.45, 2.75) is 31.0 Å². The number of carbonyl (C=O) groups is 1. The van der Waals surface area contributed by atoms with E-state index in [1.165, 1.54) is 0 Å². The largest absolute Gasteiger partial charge is 0.487 e. The average molecular weight is 401 g/mol. The average Bonchev–Trinajstić information content (AvgIpc) is 3.12. The highest BCUT2D eigenvalue weighted by Gasteiger charge is 2.57. The molecule has 1 saturated heterocycles. The fourth-order valence-electron chi connectivity index (χ4n) is 3.43. The normalized spacial score (nSPS) is 19.5. The van der Waals surface area contributed by atoms with Crippen LogP contribution in [0.4, 0.5) is 10.6 Å². The zero-order chi connectivity index (χ0) is 19.1. The molecule has 1 aliphatic carbocycles. The second kappa shape index (κ2) is 6.56. The molecular formula is C19H17ClN4O4. The summed E-state index contributed by atoms with van der Waals surface area (Å²) in [5.74, 6) is 1.92. The molecule has 0 radical (unpaired) electrons. The van der Waals surface area contributed by atoms with Gasteiger partial charge in [0, 0.05) is 5.39 Å². The van der Waals surface area contributed by atoms with Gasteiger partial charge in [0.1, 0.15) is 29.5 Å². The van der Waals surface area contributed by atoms with Crippen LogP contribution in [0.1, 0.15) is 18.6 Å². The number of cyclic esters (lactones) is 1. The van der Waals surface area contributed by atoms with Crippen molar-refractivity contribution in [1.29, 1.82) is 0 Å². The minimum atomic E-state index is -0.390. The number of rotatable bonds is 6. The Hall–Kier alpha value is -3.00. The van der Waals surface area contributed by atoms with E-state index in [9.17, 15) is 4.79 Å². The number of ether oxygens (including phenoxy) is 2. The fraction of sp³-hybridized carbons (Fsp3) is 0.316. The van der Waals surface area contributed by atoms with Crippen molar-refractivity contribution in [3.05, 3.63) is 47.6 Å². The SMILES string of the molecule is O=C1NC2(CC2)C(COc2cccc3c(NCc4ccco4)nc(Cl)nc23)O1. The number of fused-ring (bicyclic) bond motifs is 1. The van der Waals surface area contributed by atoms with Gasteiger partial charge in [0.2, 0.25) is 5.28 Å². The van der Waals surface area contributed by atoms with Crippen LogP contribution in [0, 0.1) is 0 Å². The molecule has 1 unspecified atom stereocenters. The first-order chi connectivity index (χ1) is 13.6. The van der Waals surface area contributed by atoms with Crippen LogP contribution in [0.5, 0.6) is 5.75 Å². The van der Waals surface area contributed by atoms with Crippen LogP contribution < -0.4 is 15.4 Å². The number of benzene rings is 1. The number of nitrogens with zero attached hydrogens (tertiary/aromatic N) is 2. The Balaban J connectivity index is 1.39. The lowest BCUT2D eigenvalue weighted by Gasteiger charge is -2.17. The molecule has 1 saturated carbocycles. The minimum Gasteiger partial charge on any atom is -0.487 e. The summed E-state index contributed by atoms with van der Waals surface area (Å²) in [6, 6.07) is 9.26. The lowest BCUT2D eigenvalue weighted by molar-refractivity contribution is 0.0883. The number of furan rings is 1. The van der Waals surface area contributed by atoms with Gasteiger partial charge in [-0.15, -0.1) is 0 Å². The van der Waals surface area contributed by atoms with Gasteiger partial charge in [-0.05, 0) is 48.7 Å². The van der Waals surface area contributed by atoms with E-state index in [0.29, 0.717) is 23.6 Å². The van der Waals surface area contributed by atoms with Crippen LogP contribution in [0.3, 0.4) is 0 Å². The zero-order valence-corrected chi connectivity index (χ0v) is 15.5. The van der Waals surface area contributed by atoms with Gasteiger partial charge in [-0.25, -0.2) is 14.8 Å². The molecule has 2 aliphatic rings. The highest BCUT2D eigenvalue weighted by molar-refractivity contribution is 6.29. The van der Waals surface area contributed by atoms with E-state index in [2.05, 4.69) is 20.6 Å². The van der Waals surface area contributed by atoms with E-state index >= 15 is 0 Å². The number of amides is 1. The summed E-state index contributed by atoms with van der Waals surface area (Å²) in [5.41, 5.74) is 0.316. The number of hydrogen-bond donors (Lipinski definition) is 2. The smallest absolute Gasteiger partial charge is 0.408 e. The fourth-order valence-corrected chi connectivity index (χ4v) is 3.60. The molecule has 5 rings (SSSR count). The zero-order valence-electron chi connectivity index (χ0n) is 14.8. The van der Waals surface area contributed by atoms with Gasteiger partial charge in [0.15, 0.2) is 6.10 Å². The maximum atomic E-state index is 11.5. The molecule has 1 spiro atoms. The van der Waals surface area contributed by atoms with Crippen molar-refractivity contribution in [3.63, 3.8) is 0 Å². The van der Waals surface area contributed by atoms with Crippen LogP contribution in [0.15, 0.2) is 41.0 Å². The molecular weight excluding hydrogens is 384 g/mol. The van der Waals surface area contributed by atoms with Gasteiger partial charge < -0.3 is 24.5 Å². The van der Waals surface area contributed by atoms with Gasteiger partial charge in [0.25, 0.3) is 0 Å². The maximum Gasteiger partial charge on any atom is 0.408 e. The minimum absolute atomic E-state index is 0.109. The van der Waals surface area contributed by atoms with Crippen LogP contribution >= 0.6 is 11.6 Å². The molecule has 2 aromatic heterocycles. The second-order valence-corrected chi connectivity index (χ2v) is 7.25. The van der Waals surface area contributed by atoms with E-state index in [4.69, 9.17) is 25.5 Å². The van der Waals surface area contributed by atoms with Crippen molar-refractivity contribution in [3.8, 4) is 5.75 Å². The van der Waals surface area contributed by atoms with Gasteiger partial charge >= 0.3 is 6.09 Å². The first kappa shape index (κ1) is 17.1. The molecule has 1 amide bonds. The third-order valence-corrected chi connectivity index (χ3v) is 5.24. The van der Waals surface area contributed by atoms with Crippen molar-refractivity contribution >= 4 is 34.4 Å². The van der Waals surface area contributed by atoms with Crippen molar-refractivity contribution in [1.82, 2.24) is 15.3 Å². The van der Waals surface area contributed by atoms with Gasteiger partial charge in [-0.3, -0.25) is 0 Å². The Morgan fingerprint density at radius 3 is 2.96 bits per heavy atom. The van der Waals surface area contributed by atoms with E-state index in [0.717, 1.165) is 24.0 Å². The van der Waals surface area contributed by atoms with Crippen LogP contribution in [0.25, 0.3) is 10.9 Å². The molecule has 8 nitrogen and oxygen atoms in total. The lowest BCUT2D eigenvalue weighted by Crippen LogP contribution is -2.37. The number of alkyl carbamates (subject to hydrolysis) is 1. The molecule has 2 N–H and O–H groups in total. The third-order valence-electron chi connectivity index (χ3n) is 5.07. The molecule has 0 bridgehead atoms. The molecule has 3 heterocycles. The molecule has 1 aromatic carbocycles. The quantitative estimate of drug-likeness (QED) is 0.611. The van der Waals surface area contributed by atoms with Crippen molar-refractivity contribution < 1.29 is 18.7 Å². The number of nitrogens with one attached hydrogen (secondary N) is 2. The van der Waals surface area contributed by atoms with E-state index in [1.54, 1.807) is 6.26 Å². The summed E-state index contributed by atoms with van der Waals surface area (Å²) >= 11 is 6.14. The van der Waals surface area contributed by atoms with E-state index < -0.39 is 0 Å². The number of halogens is 1. The second-order valence-electron chi connectivity index (χ2n) is 6.91. The molecule has 144 valence electrons. The summed E-state index contributed by atoms with van der Waals surface area (Å²) in [6.07, 6.45) is 2.71. The molecule has 3 aromatic rings. The highest BCUT2D eigenvalue weighted by Crippen LogP contribution is 2.43. The van der Waals surface area contributed by atoms with E-state index in [-0.39, 0.29) is 29.6 Å². The number of anilines is 1. The predicted octanol–water partition coefficient (Wildman–Crippen LogP) is 3.51. The molecule has 9 heteroatoms. The Labute approximate surface area is 165 Å². The summed E-state index contributed by atoms with van der Waals surface area (Å²) in [6.45, 7) is 0.710. The standard InChI is InChI=1S/C19H17ClN4O4/c20-17-22-15-12(16(23-17)21-9-11-3-2-8-26-11)4-1-5-13(15)27-10-14-19(6-7-19)24-18(25)28-14/h1-5,8,14H,6-7,9-10H2,(H,24,25)(H,21,22,23). The third kappa shape index (κ3) is 3.09. The molecule has 28 heavy (non-hydrogen) atoms. The van der Waals surface area contributed by atoms with Crippen LogP contribution in [-0.4, -0.2) is 34.3 Å². The van der Waals surface area contributed by atoms with Crippen LogP contribution in [-0.2, 0) is 11.3 Å². The highest BCUT2D eigenvalue weighted by atomic mass is 35.5. The Morgan fingerprint density at radius 1 is 1.29 bits per heavy atom. The molecule has 1 atom stereocenters. The Kier molecular flexibility index (Phi) is 4.01. The number of para-hydroxylation sites is 1. The van der Waals surface area contributed by atoms with Gasteiger partial charge in [-0.2, -0.15) is 0 Å². The Morgan fingerprint density at radius 2 is 2.18 bits per heavy atom. The maximum absolute atomic E-state index is 11.5. The summed E-state index contributed by atoms with van der Waals surface area (Å²) in [7, 11) is 0. The first-order valence-corrected chi connectivity index (χ1v) is 9.35. The number of aromatic nitrogens is 2. The monoisotopic (exact) mass is 400 g/mol. The summed E-state index contributed by atoms with van der Waals surface area (Å²) in [5, 5.41) is 6.97. The Bertz CT molecular complexity index is 1040. The topological polar surface area (TPSA) is 98.5 Å². The number of hydrogen-bond acceptors (Lipinski definition) is 7. The lowest BCUT2D eigenvalue weighted by atomic mass is 10.1. The summed E-state index contributed by atoms with van der Waals surface area (Å²) in [4.78, 5) is 20.2. The van der Waals surface area contributed by atoms with Crippen LogP contribution in [0.2, 0.25) is 5.28 Å². The van der Waals surface area contributed by atoms with E-state index in [1.807, 2.05) is 30.3 Å². The molecule has 2 fully saturated rings. The predicted molar refractivity (Wildman–Crippen MR) is 101 cm³/mol. The molecule has 1 aliphatic heterocycles. The number of carbonyl (C=O) groups excluding carboxylic acids is 1. The first-order valence-electron chi connectivity index (χ1n) is 8.97.